The molecule has 0 atom stereocenters. The normalized spacial score (nSPS) is 10.1. The van der Waals surface area contributed by atoms with Gasteiger partial charge in [0.15, 0.2) is 0 Å². The van der Waals surface area contributed by atoms with Crippen molar-refractivity contribution >= 4 is 17.5 Å². The maximum Gasteiger partial charge on any atom is 0.273 e. The summed E-state index contributed by atoms with van der Waals surface area (Å²) in [7, 11) is 0. The van der Waals surface area contributed by atoms with Gasteiger partial charge in [-0.15, -0.1) is 5.10 Å². The fourth-order valence-corrected chi connectivity index (χ4v) is 1.45. The Hall–Kier alpha value is -2.84. The molecule has 1 aromatic carbocycles. The van der Waals surface area contributed by atoms with Gasteiger partial charge in [0.2, 0.25) is 0 Å². The minimum atomic E-state index is -0.541. The van der Waals surface area contributed by atoms with Gasteiger partial charge in [0.1, 0.15) is 0 Å². The Bertz CT molecular complexity index is 594. The number of nitro benzene ring substituents is 1. The third kappa shape index (κ3) is 2.14. The van der Waals surface area contributed by atoms with Crippen LogP contribution >= 0.6 is 0 Å². The van der Waals surface area contributed by atoms with Crippen LogP contribution in [0.15, 0.2) is 18.2 Å². The van der Waals surface area contributed by atoms with E-state index in [0.717, 1.165) is 0 Å². The molecule has 0 aliphatic heterocycles. The van der Waals surface area contributed by atoms with Crippen molar-refractivity contribution in [1.29, 1.82) is 0 Å². The molecule has 0 saturated carbocycles. The molecule has 0 unspecified atom stereocenters. The van der Waals surface area contributed by atoms with Crippen molar-refractivity contribution in [3.63, 3.8) is 0 Å². The smallest absolute Gasteiger partial charge is 0.273 e. The first kappa shape index (κ1) is 11.6. The highest BCUT2D eigenvalue weighted by Crippen LogP contribution is 2.21. The number of hydrogen-bond acceptors (Lipinski definition) is 6. The number of nitro groups is 1. The van der Waals surface area contributed by atoms with Gasteiger partial charge in [-0.05, 0) is 18.2 Å². The molecule has 0 fully saturated rings. The van der Waals surface area contributed by atoms with E-state index in [-0.39, 0.29) is 22.8 Å². The molecular weight excluding hydrogens is 240 g/mol. The molecule has 0 saturated heterocycles. The monoisotopic (exact) mass is 248 g/mol. The summed E-state index contributed by atoms with van der Waals surface area (Å²) in [4.78, 5) is 22.1. The molecule has 0 aliphatic rings. The summed E-state index contributed by atoms with van der Waals surface area (Å²) in [5.41, 5.74) is 0.355. The molecule has 2 N–H and O–H groups in total. The van der Waals surface area contributed by atoms with Gasteiger partial charge in [0.25, 0.3) is 17.5 Å². The lowest BCUT2D eigenvalue weighted by Gasteiger charge is -2.04. The average molecular weight is 248 g/mol. The molecule has 9 nitrogen and oxygen atoms in total. The number of aromatic nitrogens is 4. The molecule has 9 heteroatoms. The van der Waals surface area contributed by atoms with E-state index in [2.05, 4.69) is 25.9 Å². The van der Waals surface area contributed by atoms with E-state index in [1.807, 2.05) is 0 Å². The molecule has 0 bridgehead atoms. The average Bonchev–Trinajstić information content (AvgIpc) is 2.81. The van der Waals surface area contributed by atoms with Gasteiger partial charge in [0, 0.05) is 17.2 Å². The van der Waals surface area contributed by atoms with E-state index < -0.39 is 10.8 Å². The number of rotatable bonds is 3. The molecular formula is C9H8N6O3. The first-order chi connectivity index (χ1) is 8.59. The number of benzene rings is 1. The van der Waals surface area contributed by atoms with E-state index in [0.29, 0.717) is 0 Å². The lowest BCUT2D eigenvalue weighted by Crippen LogP contribution is -2.15. The quantitative estimate of drug-likeness (QED) is 0.607. The molecule has 92 valence electrons. The number of carbonyl (C=O) groups excluding carboxylic acids is 1. The molecule has 1 aromatic heterocycles. The van der Waals surface area contributed by atoms with Crippen LogP contribution in [-0.2, 0) is 0 Å². The summed E-state index contributed by atoms with van der Waals surface area (Å²) in [6.45, 7) is 1.50. The fraction of sp³-hybridized carbons (Fsp3) is 0.111. The molecule has 0 aliphatic carbocycles. The van der Waals surface area contributed by atoms with Crippen molar-refractivity contribution in [1.82, 2.24) is 20.6 Å². The number of tetrazole rings is 1. The van der Waals surface area contributed by atoms with Crippen molar-refractivity contribution < 1.29 is 9.72 Å². The van der Waals surface area contributed by atoms with Gasteiger partial charge in [0.05, 0.1) is 4.92 Å². The van der Waals surface area contributed by atoms with Gasteiger partial charge in [-0.1, -0.05) is 11.2 Å². The Kier molecular flexibility index (Phi) is 2.96. The predicted molar refractivity (Wildman–Crippen MR) is 60.0 cm³/mol. The summed E-state index contributed by atoms with van der Waals surface area (Å²) in [5, 5.41) is 25.7. The van der Waals surface area contributed by atoms with E-state index in [9.17, 15) is 14.9 Å². The zero-order valence-corrected chi connectivity index (χ0v) is 9.25. The standard InChI is InChI=1S/C9H8N6O3/c1-5-6(3-2-4-7(5)15(17)18)8(16)10-9-11-13-14-12-9/h2-4H,1H3,(H2,10,11,12,13,14,16). The molecule has 0 radical (unpaired) electrons. The minimum absolute atomic E-state index is 0.00547. The van der Waals surface area contributed by atoms with Crippen LogP contribution in [0.5, 0.6) is 0 Å². The van der Waals surface area contributed by atoms with E-state index in [1.165, 1.54) is 25.1 Å². The Morgan fingerprint density at radius 3 is 2.89 bits per heavy atom. The van der Waals surface area contributed by atoms with Crippen molar-refractivity contribution in [2.45, 2.75) is 6.92 Å². The second kappa shape index (κ2) is 4.57. The summed E-state index contributed by atoms with van der Waals surface area (Å²) in [6.07, 6.45) is 0. The van der Waals surface area contributed by atoms with Gasteiger partial charge < -0.3 is 0 Å². The molecule has 0 spiro atoms. The molecule has 2 aromatic rings. The first-order valence-electron chi connectivity index (χ1n) is 4.88. The van der Waals surface area contributed by atoms with Crippen LogP contribution in [0.3, 0.4) is 0 Å². The summed E-state index contributed by atoms with van der Waals surface area (Å²) >= 11 is 0. The molecule has 1 heterocycles. The third-order valence-corrected chi connectivity index (χ3v) is 2.32. The second-order valence-corrected chi connectivity index (χ2v) is 3.40. The van der Waals surface area contributed by atoms with Gasteiger partial charge in [-0.25, -0.2) is 0 Å². The Balaban J connectivity index is 2.31. The highest BCUT2D eigenvalue weighted by atomic mass is 16.6. The fourth-order valence-electron chi connectivity index (χ4n) is 1.45. The van der Waals surface area contributed by atoms with Crippen LogP contribution in [-0.4, -0.2) is 31.5 Å². The zero-order valence-electron chi connectivity index (χ0n) is 9.25. The number of nitrogens with zero attached hydrogens (tertiary/aromatic N) is 4. The number of nitrogens with one attached hydrogen (secondary N) is 2. The maximum absolute atomic E-state index is 11.9. The summed E-state index contributed by atoms with van der Waals surface area (Å²) in [6, 6.07) is 4.26. The number of H-pyrrole nitrogens is 1. The van der Waals surface area contributed by atoms with Crippen molar-refractivity contribution in [2.24, 2.45) is 0 Å². The Morgan fingerprint density at radius 1 is 1.50 bits per heavy atom. The van der Waals surface area contributed by atoms with E-state index >= 15 is 0 Å². The lowest BCUT2D eigenvalue weighted by atomic mass is 10.1. The number of aromatic amines is 1. The maximum atomic E-state index is 11.9. The lowest BCUT2D eigenvalue weighted by molar-refractivity contribution is -0.385. The van der Waals surface area contributed by atoms with Gasteiger partial charge in [-0.3, -0.25) is 20.2 Å². The highest BCUT2D eigenvalue weighted by molar-refractivity contribution is 6.04. The molecule has 18 heavy (non-hydrogen) atoms. The van der Waals surface area contributed by atoms with E-state index in [1.54, 1.807) is 0 Å². The number of carbonyl (C=O) groups is 1. The Morgan fingerprint density at radius 2 is 2.28 bits per heavy atom. The highest BCUT2D eigenvalue weighted by Gasteiger charge is 2.18. The SMILES string of the molecule is Cc1c(C(=O)Nc2nn[nH]n2)cccc1[N+](=O)[O-]. The van der Waals surface area contributed by atoms with Crippen LogP contribution < -0.4 is 5.32 Å². The van der Waals surface area contributed by atoms with Gasteiger partial charge in [-0.2, -0.15) is 5.21 Å². The molecule has 2 rings (SSSR count). The van der Waals surface area contributed by atoms with Crippen LogP contribution in [0.4, 0.5) is 11.6 Å². The van der Waals surface area contributed by atoms with Gasteiger partial charge >= 0.3 is 0 Å². The second-order valence-electron chi connectivity index (χ2n) is 3.40. The molecule has 1 amide bonds. The van der Waals surface area contributed by atoms with Crippen molar-refractivity contribution in [3.8, 4) is 0 Å². The topological polar surface area (TPSA) is 127 Å². The predicted octanol–water partition coefficient (Wildman–Crippen LogP) is 0.669. The van der Waals surface area contributed by atoms with Crippen LogP contribution in [0, 0.1) is 17.0 Å². The van der Waals surface area contributed by atoms with Crippen LogP contribution in [0.25, 0.3) is 0 Å². The minimum Gasteiger partial charge on any atom is -0.288 e. The Labute approximate surface area is 100 Å². The van der Waals surface area contributed by atoms with E-state index in [4.69, 9.17) is 0 Å². The van der Waals surface area contributed by atoms with Crippen LogP contribution in [0.1, 0.15) is 15.9 Å². The number of anilines is 1. The summed E-state index contributed by atoms with van der Waals surface area (Å²) < 4.78 is 0. The number of amides is 1. The first-order valence-corrected chi connectivity index (χ1v) is 4.88. The largest absolute Gasteiger partial charge is 0.288 e. The van der Waals surface area contributed by atoms with Crippen molar-refractivity contribution in [2.75, 3.05) is 5.32 Å². The zero-order chi connectivity index (χ0) is 13.1. The third-order valence-electron chi connectivity index (χ3n) is 2.32. The summed E-state index contributed by atoms with van der Waals surface area (Å²) in [5.74, 6) is -0.525. The number of hydrogen-bond donors (Lipinski definition) is 2. The van der Waals surface area contributed by atoms with Crippen LogP contribution in [0.2, 0.25) is 0 Å². The van der Waals surface area contributed by atoms with Crippen molar-refractivity contribution in [3.05, 3.63) is 39.4 Å².